The molecule has 2 aromatic carbocycles. The van der Waals surface area contributed by atoms with Gasteiger partial charge in [-0.25, -0.2) is 8.10 Å². The second-order valence-electron chi connectivity index (χ2n) is 7.75. The number of aryl methyl sites for hydroxylation is 1. The number of imidazole rings is 1. The lowest BCUT2D eigenvalue weighted by Crippen LogP contribution is -2.11. The predicted octanol–water partition coefficient (Wildman–Crippen LogP) is 6.35. The Labute approximate surface area is 201 Å². The number of H-pyrrole nitrogens is 1. The van der Waals surface area contributed by atoms with Gasteiger partial charge in [-0.05, 0) is 42.8 Å². The van der Waals surface area contributed by atoms with Crippen molar-refractivity contribution in [3.8, 4) is 22.6 Å². The molecule has 0 radical (unpaired) electrons. The van der Waals surface area contributed by atoms with Gasteiger partial charge in [0.15, 0.2) is 0 Å². The number of halogens is 1. The molecular weight excluding hydrogens is 509 g/mol. The summed E-state index contributed by atoms with van der Waals surface area (Å²) in [6.07, 6.45) is 1.82. The zero-order valence-electron chi connectivity index (χ0n) is 17.7. The summed E-state index contributed by atoms with van der Waals surface area (Å²) in [6.45, 7) is 3.55. The third-order valence-electron chi connectivity index (χ3n) is 5.29. The minimum atomic E-state index is 0.698. The van der Waals surface area contributed by atoms with E-state index < -0.39 is 0 Å². The van der Waals surface area contributed by atoms with Crippen LogP contribution >= 0.6 is 22.9 Å². The summed E-state index contributed by atoms with van der Waals surface area (Å²) >= 11 is 2.37. The van der Waals surface area contributed by atoms with E-state index >= 15 is 0 Å². The van der Waals surface area contributed by atoms with Crippen molar-refractivity contribution in [2.24, 2.45) is 0 Å². The first-order valence-electron chi connectivity index (χ1n) is 10.5. The van der Waals surface area contributed by atoms with Crippen molar-refractivity contribution < 1.29 is 0 Å². The molecule has 3 heterocycles. The molecule has 0 amide bonds. The Morgan fingerprint density at radius 1 is 0.875 bits per heavy atom. The van der Waals surface area contributed by atoms with Gasteiger partial charge in [0, 0.05) is 52.2 Å². The topological polar surface area (TPSA) is 57.7 Å². The molecule has 32 heavy (non-hydrogen) atoms. The zero-order valence-corrected chi connectivity index (χ0v) is 19.8. The molecule has 0 spiro atoms. The van der Waals surface area contributed by atoms with Crippen LogP contribution in [0.3, 0.4) is 0 Å². The van der Waals surface area contributed by atoms with E-state index in [2.05, 4.69) is 78.4 Å². The van der Waals surface area contributed by atoms with Crippen LogP contribution in [0.5, 0.6) is 0 Å². The molecule has 0 bridgehead atoms. The second kappa shape index (κ2) is 9.18. The number of pyridine rings is 2. The Balaban J connectivity index is 1.53. The molecule has 1 N–H and O–H groups in total. The molecule has 0 aliphatic carbocycles. The summed E-state index contributed by atoms with van der Waals surface area (Å²) in [4.78, 5) is 17.8. The van der Waals surface area contributed by atoms with Gasteiger partial charge in [-0.1, -0.05) is 48.5 Å². The number of aromatic nitrogens is 4. The number of aromatic amines is 1. The molecule has 0 aliphatic heterocycles. The van der Waals surface area contributed by atoms with Gasteiger partial charge >= 0.3 is 0 Å². The molecule has 0 aliphatic rings. The van der Waals surface area contributed by atoms with Crippen LogP contribution in [0.2, 0.25) is 0 Å². The number of benzene rings is 2. The lowest BCUT2D eigenvalue weighted by atomic mass is 10.1. The van der Waals surface area contributed by atoms with Gasteiger partial charge in [-0.15, -0.1) is 0 Å². The number of hydrogen-bond acceptors (Lipinski definition) is 4. The van der Waals surface area contributed by atoms with Crippen LogP contribution in [0.15, 0.2) is 85.1 Å². The van der Waals surface area contributed by atoms with Crippen LogP contribution in [0.4, 0.5) is 0 Å². The first-order chi connectivity index (χ1) is 15.7. The maximum atomic E-state index is 5.01. The van der Waals surface area contributed by atoms with Gasteiger partial charge in [-0.3, -0.25) is 9.97 Å². The first-order valence-corrected chi connectivity index (χ1v) is 11.4. The number of nitrogens with one attached hydrogen (secondary N) is 1. The Morgan fingerprint density at radius 3 is 2.59 bits per heavy atom. The molecule has 0 fully saturated rings. The van der Waals surface area contributed by atoms with Gasteiger partial charge in [0.05, 0.1) is 29.1 Å². The fourth-order valence-corrected chi connectivity index (χ4v) is 4.51. The summed E-state index contributed by atoms with van der Waals surface area (Å²) in [5, 5.41) is 1.09. The Hall–Kier alpha value is -3.10. The lowest BCUT2D eigenvalue weighted by molar-refractivity contribution is 0.490. The molecule has 0 saturated carbocycles. The normalized spacial score (nSPS) is 11.3. The van der Waals surface area contributed by atoms with Crippen molar-refractivity contribution in [1.29, 1.82) is 0 Å². The average Bonchev–Trinajstić information content (AvgIpc) is 3.23. The van der Waals surface area contributed by atoms with E-state index in [4.69, 9.17) is 9.97 Å². The molecule has 0 unspecified atom stereocenters. The third-order valence-corrected chi connectivity index (χ3v) is 5.97. The molecular formula is C26H22IN5. The largest absolute Gasteiger partial charge is 0.339 e. The van der Waals surface area contributed by atoms with Crippen molar-refractivity contribution in [2.45, 2.75) is 20.0 Å². The third kappa shape index (κ3) is 4.56. The van der Waals surface area contributed by atoms with E-state index in [0.717, 1.165) is 51.6 Å². The molecule has 158 valence electrons. The van der Waals surface area contributed by atoms with E-state index in [1.165, 1.54) is 5.56 Å². The predicted molar refractivity (Wildman–Crippen MR) is 137 cm³/mol. The standard InChI is InChI=1S/C26H22IN5/c1-18-7-5-11-23(29-18)26-25(21-12-13-22-20(15-21)10-6-14-28-22)30-24(31-26)17-32(27)16-19-8-3-2-4-9-19/h2-15H,16-17H2,1H3,(H,30,31). The lowest BCUT2D eigenvalue weighted by Gasteiger charge is -2.12. The second-order valence-corrected chi connectivity index (χ2v) is 9.11. The molecule has 5 nitrogen and oxygen atoms in total. The number of nitrogens with zero attached hydrogens (tertiary/aromatic N) is 4. The molecule has 0 saturated heterocycles. The smallest absolute Gasteiger partial charge is 0.122 e. The highest BCUT2D eigenvalue weighted by Crippen LogP contribution is 2.31. The van der Waals surface area contributed by atoms with Crippen molar-refractivity contribution in [3.05, 3.63) is 102 Å². The van der Waals surface area contributed by atoms with Gasteiger partial charge in [-0.2, -0.15) is 0 Å². The first kappa shape index (κ1) is 20.8. The van der Waals surface area contributed by atoms with Gasteiger partial charge < -0.3 is 4.98 Å². The summed E-state index contributed by atoms with van der Waals surface area (Å²) in [7, 11) is 0. The van der Waals surface area contributed by atoms with Gasteiger partial charge in [0.25, 0.3) is 0 Å². The van der Waals surface area contributed by atoms with Crippen LogP contribution in [-0.2, 0) is 13.1 Å². The highest BCUT2D eigenvalue weighted by Gasteiger charge is 2.17. The fourth-order valence-electron chi connectivity index (χ4n) is 3.80. The van der Waals surface area contributed by atoms with E-state index in [-0.39, 0.29) is 0 Å². The summed E-state index contributed by atoms with van der Waals surface area (Å²) in [5.74, 6) is 0.912. The van der Waals surface area contributed by atoms with E-state index in [0.29, 0.717) is 6.54 Å². The minimum absolute atomic E-state index is 0.698. The number of hydrogen-bond donors (Lipinski definition) is 1. The van der Waals surface area contributed by atoms with Crippen LogP contribution in [0.1, 0.15) is 17.1 Å². The van der Waals surface area contributed by atoms with Crippen LogP contribution in [0.25, 0.3) is 33.5 Å². The van der Waals surface area contributed by atoms with Crippen LogP contribution in [0, 0.1) is 6.92 Å². The number of fused-ring (bicyclic) bond motifs is 1. The SMILES string of the molecule is Cc1cccc(-c2[nH]c(CN(I)Cc3ccccc3)nc2-c2ccc3ncccc3c2)n1. The Bertz CT molecular complexity index is 1360. The summed E-state index contributed by atoms with van der Waals surface area (Å²) < 4.78 is 2.23. The summed E-state index contributed by atoms with van der Waals surface area (Å²) in [6, 6.07) is 26.9. The minimum Gasteiger partial charge on any atom is -0.339 e. The molecule has 3 aromatic heterocycles. The quantitative estimate of drug-likeness (QED) is 0.205. The molecule has 0 atom stereocenters. The fraction of sp³-hybridized carbons (Fsp3) is 0.115. The van der Waals surface area contributed by atoms with Crippen molar-refractivity contribution >= 4 is 33.8 Å². The highest BCUT2D eigenvalue weighted by atomic mass is 127. The maximum Gasteiger partial charge on any atom is 0.122 e. The monoisotopic (exact) mass is 531 g/mol. The van der Waals surface area contributed by atoms with Crippen LogP contribution in [-0.4, -0.2) is 23.0 Å². The van der Waals surface area contributed by atoms with Crippen molar-refractivity contribution in [2.75, 3.05) is 0 Å². The van der Waals surface area contributed by atoms with Crippen molar-refractivity contribution in [3.63, 3.8) is 0 Å². The molecule has 5 rings (SSSR count). The Kier molecular flexibility index (Phi) is 5.96. The molecule has 5 aromatic rings. The molecule has 6 heteroatoms. The van der Waals surface area contributed by atoms with Gasteiger partial charge in [0.2, 0.25) is 0 Å². The van der Waals surface area contributed by atoms with Crippen LogP contribution < -0.4 is 0 Å². The highest BCUT2D eigenvalue weighted by molar-refractivity contribution is 14.1. The number of rotatable bonds is 6. The Morgan fingerprint density at radius 2 is 1.75 bits per heavy atom. The van der Waals surface area contributed by atoms with E-state index in [9.17, 15) is 0 Å². The van der Waals surface area contributed by atoms with E-state index in [1.807, 2.05) is 49.5 Å². The van der Waals surface area contributed by atoms with Crippen molar-refractivity contribution in [1.82, 2.24) is 23.0 Å². The van der Waals surface area contributed by atoms with Gasteiger partial charge in [0.1, 0.15) is 5.82 Å². The maximum absolute atomic E-state index is 5.01. The summed E-state index contributed by atoms with van der Waals surface area (Å²) in [5.41, 5.74) is 7.03. The van der Waals surface area contributed by atoms with E-state index in [1.54, 1.807) is 0 Å². The zero-order chi connectivity index (χ0) is 21.9. The average molecular weight is 531 g/mol.